The van der Waals surface area contributed by atoms with Gasteiger partial charge in [0, 0.05) is 61.4 Å². The van der Waals surface area contributed by atoms with Crippen LogP contribution in [-0.4, -0.2) is 68.1 Å². The Bertz CT molecular complexity index is 1670. The monoisotopic (exact) mass is 738 g/mol. The minimum absolute atomic E-state index is 0.0146. The number of methoxy groups -OCH3 is 1. The minimum atomic E-state index is -5.01. The molecule has 0 radical (unpaired) electrons. The second-order valence-electron chi connectivity index (χ2n) is 14.3. The fourth-order valence-electron chi connectivity index (χ4n) is 7.27. The summed E-state index contributed by atoms with van der Waals surface area (Å²) in [6.45, 7) is 7.07. The van der Waals surface area contributed by atoms with Crippen LogP contribution in [0.3, 0.4) is 0 Å². The highest BCUT2D eigenvalue weighted by molar-refractivity contribution is 5.76. The number of hydrogen-bond acceptors (Lipinski definition) is 8. The van der Waals surface area contributed by atoms with E-state index < -0.39 is 41.0 Å². The van der Waals surface area contributed by atoms with Gasteiger partial charge in [0.05, 0.1) is 29.8 Å². The predicted octanol–water partition coefficient (Wildman–Crippen LogP) is 8.06. The Balaban J connectivity index is 1.43. The number of aromatic nitrogens is 4. The van der Waals surface area contributed by atoms with Crippen molar-refractivity contribution in [3.8, 4) is 11.1 Å². The molecule has 1 aromatic carbocycles. The summed E-state index contributed by atoms with van der Waals surface area (Å²) in [5.41, 5.74) is -2.40. The summed E-state index contributed by atoms with van der Waals surface area (Å²) in [6.07, 6.45) is -1.72. The molecule has 284 valence electrons. The number of benzene rings is 1. The molecule has 2 aromatic heterocycles. The van der Waals surface area contributed by atoms with Crippen LogP contribution < -0.4 is 4.90 Å². The summed E-state index contributed by atoms with van der Waals surface area (Å²) in [5.74, 6) is -0.223. The summed E-state index contributed by atoms with van der Waals surface area (Å²) in [5, 5.41) is 4.15. The normalized spacial score (nSPS) is 22.5. The van der Waals surface area contributed by atoms with Gasteiger partial charge in [-0.3, -0.25) is 9.48 Å². The Morgan fingerprint density at radius 2 is 1.42 bits per heavy atom. The van der Waals surface area contributed by atoms with Gasteiger partial charge in [-0.05, 0) is 82.1 Å². The molecule has 3 aromatic rings. The second kappa shape index (κ2) is 14.9. The first kappa shape index (κ1) is 38.9. The lowest BCUT2D eigenvalue weighted by molar-refractivity contribution is -0.159. The number of amides is 1. The van der Waals surface area contributed by atoms with Gasteiger partial charge >= 0.3 is 24.4 Å². The molecule has 2 fully saturated rings. The summed E-state index contributed by atoms with van der Waals surface area (Å²) in [4.78, 5) is 38.4. The number of carbonyl (C=O) groups is 2. The van der Waals surface area contributed by atoms with Crippen molar-refractivity contribution in [2.75, 3.05) is 12.0 Å². The zero-order valence-electron chi connectivity index (χ0n) is 30.0. The second-order valence-corrected chi connectivity index (χ2v) is 14.3. The standard InChI is InChI=1S/C36H44F6N6O4/c1-7-27-14-29(15-28(8-2)48(27)33(50)52-30-12-24(13-30)34(3,4)31(49)51-6)47(32-43-16-22(17-44-32)23-18-45-46(5)20-23)19-21-9-25(35(37,38)39)11-26(10-21)36(40,41)42/h9-11,16-18,20,24,27-30H,7-8,12-15,19H2,1-6H3/t24?,27-,28+,29?,30?. The highest BCUT2D eigenvalue weighted by Crippen LogP contribution is 2.45. The van der Waals surface area contributed by atoms with Crippen LogP contribution in [0.2, 0.25) is 0 Å². The highest BCUT2D eigenvalue weighted by atomic mass is 19.4. The van der Waals surface area contributed by atoms with Crippen LogP contribution in [0.15, 0.2) is 43.0 Å². The quantitative estimate of drug-likeness (QED) is 0.152. The van der Waals surface area contributed by atoms with E-state index in [4.69, 9.17) is 9.47 Å². The maximum absolute atomic E-state index is 13.8. The van der Waals surface area contributed by atoms with E-state index in [9.17, 15) is 35.9 Å². The molecular formula is C36H44F6N6O4. The molecule has 0 spiro atoms. The van der Waals surface area contributed by atoms with E-state index in [1.807, 2.05) is 13.8 Å². The van der Waals surface area contributed by atoms with E-state index in [0.717, 1.165) is 17.7 Å². The number of anilines is 1. The molecule has 0 bridgehead atoms. The number of likely N-dealkylation sites (tertiary alicyclic amines) is 1. The van der Waals surface area contributed by atoms with Crippen molar-refractivity contribution in [2.24, 2.45) is 18.4 Å². The van der Waals surface area contributed by atoms with Crippen molar-refractivity contribution in [3.63, 3.8) is 0 Å². The first-order valence-corrected chi connectivity index (χ1v) is 17.3. The molecule has 1 unspecified atom stereocenters. The number of esters is 1. The summed E-state index contributed by atoms with van der Waals surface area (Å²) in [6, 6.07) is 0.381. The van der Waals surface area contributed by atoms with Crippen molar-refractivity contribution in [1.82, 2.24) is 24.6 Å². The third kappa shape index (κ3) is 8.30. The van der Waals surface area contributed by atoms with Gasteiger partial charge in [0.2, 0.25) is 5.95 Å². The lowest BCUT2D eigenvalue weighted by Gasteiger charge is -2.49. The van der Waals surface area contributed by atoms with Crippen LogP contribution >= 0.6 is 0 Å². The first-order valence-electron chi connectivity index (χ1n) is 17.3. The number of nitrogens with zero attached hydrogens (tertiary/aromatic N) is 6. The van der Waals surface area contributed by atoms with Gasteiger partial charge in [-0.25, -0.2) is 14.8 Å². The van der Waals surface area contributed by atoms with Gasteiger partial charge < -0.3 is 19.3 Å². The van der Waals surface area contributed by atoms with Gasteiger partial charge in [0.25, 0.3) is 0 Å². The molecule has 2 aliphatic rings. The molecule has 5 rings (SSSR count). The van der Waals surface area contributed by atoms with Gasteiger partial charge in [0.15, 0.2) is 0 Å². The highest BCUT2D eigenvalue weighted by Gasteiger charge is 2.48. The minimum Gasteiger partial charge on any atom is -0.469 e. The Labute approximate surface area is 298 Å². The fraction of sp³-hybridized carbons (Fsp3) is 0.583. The Hall–Kier alpha value is -4.37. The van der Waals surface area contributed by atoms with Crippen molar-refractivity contribution in [2.45, 2.75) is 109 Å². The van der Waals surface area contributed by atoms with Crippen LogP contribution in [0.1, 0.15) is 82.9 Å². The predicted molar refractivity (Wildman–Crippen MR) is 179 cm³/mol. The average Bonchev–Trinajstić information content (AvgIpc) is 3.52. The molecule has 1 saturated carbocycles. The molecule has 16 heteroatoms. The van der Waals surface area contributed by atoms with Crippen LogP contribution in [0, 0.1) is 11.3 Å². The molecule has 3 atom stereocenters. The summed E-state index contributed by atoms with van der Waals surface area (Å²) < 4.78 is 95.5. The first-order chi connectivity index (χ1) is 24.3. The van der Waals surface area contributed by atoms with Gasteiger partial charge in [-0.15, -0.1) is 0 Å². The molecular weight excluding hydrogens is 694 g/mol. The van der Waals surface area contributed by atoms with E-state index in [1.165, 1.54) is 19.5 Å². The molecule has 1 aliphatic heterocycles. The number of rotatable bonds is 10. The van der Waals surface area contributed by atoms with Gasteiger partial charge in [0.1, 0.15) is 6.10 Å². The van der Waals surface area contributed by atoms with Crippen molar-refractivity contribution < 1.29 is 45.4 Å². The average molecular weight is 739 g/mol. The fourth-order valence-corrected chi connectivity index (χ4v) is 7.27. The third-order valence-corrected chi connectivity index (χ3v) is 10.5. The molecule has 10 nitrogen and oxygen atoms in total. The lowest BCUT2D eigenvalue weighted by Crippen LogP contribution is -2.58. The van der Waals surface area contributed by atoms with Crippen molar-refractivity contribution >= 4 is 18.0 Å². The number of alkyl halides is 6. The van der Waals surface area contributed by atoms with E-state index in [1.54, 1.807) is 47.8 Å². The molecule has 3 heterocycles. The number of carbonyl (C=O) groups excluding carboxylic acids is 2. The van der Waals surface area contributed by atoms with Crippen molar-refractivity contribution in [1.29, 1.82) is 0 Å². The maximum Gasteiger partial charge on any atom is 0.416 e. The van der Waals surface area contributed by atoms with Crippen LogP contribution in [0.5, 0.6) is 0 Å². The van der Waals surface area contributed by atoms with Gasteiger partial charge in [-0.2, -0.15) is 31.4 Å². The van der Waals surface area contributed by atoms with E-state index in [2.05, 4.69) is 15.1 Å². The van der Waals surface area contributed by atoms with Gasteiger partial charge in [-0.1, -0.05) is 13.8 Å². The van der Waals surface area contributed by atoms with E-state index >= 15 is 0 Å². The largest absolute Gasteiger partial charge is 0.469 e. The topological polar surface area (TPSA) is 103 Å². The molecule has 0 N–H and O–H groups in total. The number of halogens is 6. The zero-order chi connectivity index (χ0) is 38.2. The SMILES string of the molecule is CC[C@@H]1CC(N(Cc2cc(C(F)(F)F)cc(C(F)(F)F)c2)c2ncc(-c3cnn(C)c3)cn2)C[C@H](CC)N1C(=O)OC1CC(C(C)(C)C(=O)OC)C1. The number of hydrogen-bond donors (Lipinski definition) is 0. The lowest BCUT2D eigenvalue weighted by atomic mass is 9.66. The van der Waals surface area contributed by atoms with Crippen LogP contribution in [-0.2, 0) is 40.2 Å². The maximum atomic E-state index is 13.8. The Morgan fingerprint density at radius 1 is 0.865 bits per heavy atom. The van der Waals surface area contributed by atoms with E-state index in [-0.39, 0.29) is 54.2 Å². The smallest absolute Gasteiger partial charge is 0.416 e. The number of piperidine rings is 1. The van der Waals surface area contributed by atoms with Crippen LogP contribution in [0.25, 0.3) is 11.1 Å². The summed E-state index contributed by atoms with van der Waals surface area (Å²) >= 11 is 0. The number of ether oxygens (including phenoxy) is 2. The third-order valence-electron chi connectivity index (χ3n) is 10.5. The zero-order valence-corrected chi connectivity index (χ0v) is 30.0. The molecule has 1 amide bonds. The van der Waals surface area contributed by atoms with Crippen molar-refractivity contribution in [3.05, 3.63) is 59.7 Å². The molecule has 1 aliphatic carbocycles. The van der Waals surface area contributed by atoms with E-state index in [0.29, 0.717) is 44.1 Å². The Morgan fingerprint density at radius 3 is 1.88 bits per heavy atom. The number of aryl methyl sites for hydroxylation is 1. The summed E-state index contributed by atoms with van der Waals surface area (Å²) in [7, 11) is 3.08. The van der Waals surface area contributed by atoms with Crippen LogP contribution in [0.4, 0.5) is 37.1 Å². The Kier molecular flexibility index (Phi) is 11.2. The molecule has 52 heavy (non-hydrogen) atoms. The molecule has 1 saturated heterocycles.